The van der Waals surface area contributed by atoms with Crippen LogP contribution in [-0.4, -0.2) is 52.2 Å². The van der Waals surface area contributed by atoms with Gasteiger partial charge in [0.25, 0.3) is 0 Å². The number of hydrogen-bond acceptors (Lipinski definition) is 4. The van der Waals surface area contributed by atoms with Crippen molar-refractivity contribution in [1.82, 2.24) is 4.90 Å². The lowest BCUT2D eigenvalue weighted by Crippen LogP contribution is -2.44. The quantitative estimate of drug-likeness (QED) is 0.658. The van der Waals surface area contributed by atoms with Gasteiger partial charge in [0, 0.05) is 18.9 Å². The van der Waals surface area contributed by atoms with Crippen LogP contribution in [0.5, 0.6) is 0 Å². The normalized spacial score (nSPS) is 35.4. The van der Waals surface area contributed by atoms with E-state index < -0.39 is 18.1 Å². The highest BCUT2D eigenvalue weighted by Crippen LogP contribution is 2.31. The molecule has 4 N–H and O–H groups in total. The van der Waals surface area contributed by atoms with Crippen molar-refractivity contribution in [2.75, 3.05) is 13.1 Å². The highest BCUT2D eigenvalue weighted by molar-refractivity contribution is 5.85. The first kappa shape index (κ1) is 14.3. The zero-order chi connectivity index (χ0) is 14.0. The number of amides is 1. The van der Waals surface area contributed by atoms with E-state index in [1.165, 1.54) is 4.90 Å². The van der Waals surface area contributed by atoms with Crippen LogP contribution in [0.15, 0.2) is 0 Å². The van der Waals surface area contributed by atoms with E-state index in [1.807, 2.05) is 0 Å². The van der Waals surface area contributed by atoms with Gasteiger partial charge in [0.1, 0.15) is 6.04 Å². The average Bonchev–Trinajstić information content (AvgIpc) is 2.80. The van der Waals surface area contributed by atoms with Crippen molar-refractivity contribution < 1.29 is 19.8 Å². The summed E-state index contributed by atoms with van der Waals surface area (Å²) in [6, 6.07) is -0.866. The van der Waals surface area contributed by atoms with Gasteiger partial charge < -0.3 is 20.8 Å². The summed E-state index contributed by atoms with van der Waals surface area (Å²) in [5, 5.41) is 18.7. The topological polar surface area (TPSA) is 104 Å². The number of carboxylic acids is 1. The van der Waals surface area contributed by atoms with Crippen LogP contribution in [0.25, 0.3) is 0 Å². The van der Waals surface area contributed by atoms with Crippen molar-refractivity contribution in [3.8, 4) is 0 Å². The number of nitrogens with zero attached hydrogens (tertiary/aromatic N) is 1. The SMILES string of the molecule is NCC1CCC(C(=O)N2C[C@H](O)C[C@@H]2C(=O)O)CC1. The minimum atomic E-state index is -1.03. The maximum atomic E-state index is 12.4. The number of aliphatic carboxylic acids is 1. The molecule has 0 aromatic heterocycles. The van der Waals surface area contributed by atoms with E-state index in [0.29, 0.717) is 12.5 Å². The molecular weight excluding hydrogens is 248 g/mol. The van der Waals surface area contributed by atoms with Crippen molar-refractivity contribution in [3.63, 3.8) is 0 Å². The second kappa shape index (κ2) is 5.88. The third kappa shape index (κ3) is 3.06. The number of rotatable bonds is 3. The van der Waals surface area contributed by atoms with Crippen LogP contribution in [-0.2, 0) is 9.59 Å². The predicted molar refractivity (Wildman–Crippen MR) is 68.3 cm³/mol. The standard InChI is InChI=1S/C13H22N2O4/c14-6-8-1-3-9(4-2-8)12(17)15-7-10(16)5-11(15)13(18)19/h8-11,16H,1-7,14H2,(H,18,19)/t8?,9?,10-,11-/m1/s1. The summed E-state index contributed by atoms with van der Waals surface area (Å²) in [5.74, 6) is -0.751. The van der Waals surface area contributed by atoms with E-state index in [1.54, 1.807) is 0 Å². The molecule has 0 unspecified atom stereocenters. The highest BCUT2D eigenvalue weighted by atomic mass is 16.4. The van der Waals surface area contributed by atoms with Gasteiger partial charge in [-0.05, 0) is 38.1 Å². The predicted octanol–water partition coefficient (Wildman–Crippen LogP) is -0.202. The summed E-state index contributed by atoms with van der Waals surface area (Å²) in [7, 11) is 0. The third-order valence-electron chi connectivity index (χ3n) is 4.38. The van der Waals surface area contributed by atoms with Crippen LogP contribution < -0.4 is 5.73 Å². The summed E-state index contributed by atoms with van der Waals surface area (Å²) in [4.78, 5) is 24.8. The maximum absolute atomic E-state index is 12.4. The molecule has 108 valence electrons. The van der Waals surface area contributed by atoms with E-state index >= 15 is 0 Å². The van der Waals surface area contributed by atoms with Gasteiger partial charge in [-0.3, -0.25) is 4.79 Å². The van der Waals surface area contributed by atoms with E-state index in [4.69, 9.17) is 10.8 Å². The van der Waals surface area contributed by atoms with Crippen LogP contribution in [0.4, 0.5) is 0 Å². The Morgan fingerprint density at radius 3 is 2.37 bits per heavy atom. The summed E-state index contributed by atoms with van der Waals surface area (Å²) in [6.45, 7) is 0.799. The molecule has 1 saturated carbocycles. The molecule has 2 fully saturated rings. The number of β-amino-alcohol motifs (C(OH)–C–C–N with tert-alkyl or cyclic N) is 1. The average molecular weight is 270 g/mol. The molecule has 6 nitrogen and oxygen atoms in total. The van der Waals surface area contributed by atoms with Gasteiger partial charge in [0.05, 0.1) is 6.10 Å². The van der Waals surface area contributed by atoms with E-state index in [9.17, 15) is 14.7 Å². The number of aliphatic hydroxyl groups is 1. The zero-order valence-corrected chi connectivity index (χ0v) is 11.0. The number of nitrogens with two attached hydrogens (primary N) is 1. The number of carboxylic acid groups (broad SMARTS) is 1. The van der Waals surface area contributed by atoms with Gasteiger partial charge in [0.2, 0.25) is 5.91 Å². The van der Waals surface area contributed by atoms with Gasteiger partial charge in [-0.2, -0.15) is 0 Å². The summed E-state index contributed by atoms with van der Waals surface area (Å²) in [6.07, 6.45) is 2.84. The smallest absolute Gasteiger partial charge is 0.326 e. The zero-order valence-electron chi connectivity index (χ0n) is 11.0. The molecule has 0 spiro atoms. The van der Waals surface area contributed by atoms with Crippen molar-refractivity contribution in [2.24, 2.45) is 17.6 Å². The number of aliphatic hydroxyl groups excluding tert-OH is 1. The summed E-state index contributed by atoms with van der Waals surface area (Å²) < 4.78 is 0. The molecule has 0 aromatic carbocycles. The van der Waals surface area contributed by atoms with Gasteiger partial charge in [-0.25, -0.2) is 4.79 Å². The molecule has 1 saturated heterocycles. The molecule has 2 rings (SSSR count). The van der Waals surface area contributed by atoms with Crippen molar-refractivity contribution >= 4 is 11.9 Å². The fourth-order valence-corrected chi connectivity index (χ4v) is 3.17. The van der Waals surface area contributed by atoms with E-state index in [-0.39, 0.29) is 24.8 Å². The summed E-state index contributed by atoms with van der Waals surface area (Å²) >= 11 is 0. The molecule has 19 heavy (non-hydrogen) atoms. The van der Waals surface area contributed by atoms with Crippen molar-refractivity contribution in [3.05, 3.63) is 0 Å². The van der Waals surface area contributed by atoms with Gasteiger partial charge in [-0.1, -0.05) is 0 Å². The minimum Gasteiger partial charge on any atom is -0.480 e. The van der Waals surface area contributed by atoms with Crippen LogP contribution in [0.2, 0.25) is 0 Å². The first-order valence-corrected chi connectivity index (χ1v) is 6.94. The van der Waals surface area contributed by atoms with Crippen LogP contribution in [0.1, 0.15) is 32.1 Å². The molecule has 1 heterocycles. The Kier molecular flexibility index (Phi) is 4.42. The Balaban J connectivity index is 1.97. The Bertz CT molecular complexity index is 353. The fraction of sp³-hybridized carbons (Fsp3) is 0.846. The lowest BCUT2D eigenvalue weighted by Gasteiger charge is -2.31. The van der Waals surface area contributed by atoms with Gasteiger partial charge in [-0.15, -0.1) is 0 Å². The lowest BCUT2D eigenvalue weighted by atomic mass is 9.81. The Labute approximate surface area is 112 Å². The molecule has 0 radical (unpaired) electrons. The van der Waals surface area contributed by atoms with E-state index in [2.05, 4.69) is 0 Å². The molecule has 0 bridgehead atoms. The molecule has 2 atom stereocenters. The number of hydrogen-bond donors (Lipinski definition) is 3. The second-order valence-corrected chi connectivity index (χ2v) is 5.69. The monoisotopic (exact) mass is 270 g/mol. The number of carbonyl (C=O) groups excluding carboxylic acids is 1. The third-order valence-corrected chi connectivity index (χ3v) is 4.38. The molecular formula is C13H22N2O4. The summed E-state index contributed by atoms with van der Waals surface area (Å²) in [5.41, 5.74) is 5.62. The Morgan fingerprint density at radius 2 is 1.84 bits per heavy atom. The van der Waals surface area contributed by atoms with Crippen LogP contribution in [0, 0.1) is 11.8 Å². The fourth-order valence-electron chi connectivity index (χ4n) is 3.17. The van der Waals surface area contributed by atoms with Crippen molar-refractivity contribution in [2.45, 2.75) is 44.2 Å². The largest absolute Gasteiger partial charge is 0.480 e. The molecule has 0 aromatic rings. The first-order valence-electron chi connectivity index (χ1n) is 6.94. The maximum Gasteiger partial charge on any atom is 0.326 e. The number of carbonyl (C=O) groups is 2. The van der Waals surface area contributed by atoms with E-state index in [0.717, 1.165) is 25.7 Å². The molecule has 1 aliphatic heterocycles. The Hall–Kier alpha value is -1.14. The lowest BCUT2D eigenvalue weighted by molar-refractivity contribution is -0.150. The molecule has 2 aliphatic rings. The first-order chi connectivity index (χ1) is 9.02. The molecule has 1 amide bonds. The van der Waals surface area contributed by atoms with Crippen molar-refractivity contribution in [1.29, 1.82) is 0 Å². The second-order valence-electron chi connectivity index (χ2n) is 5.69. The van der Waals surface area contributed by atoms with Gasteiger partial charge in [0.15, 0.2) is 0 Å². The Morgan fingerprint density at radius 1 is 1.21 bits per heavy atom. The van der Waals surface area contributed by atoms with Gasteiger partial charge >= 0.3 is 5.97 Å². The van der Waals surface area contributed by atoms with Crippen LogP contribution in [0.3, 0.4) is 0 Å². The highest BCUT2D eigenvalue weighted by Gasteiger charge is 2.41. The van der Waals surface area contributed by atoms with Crippen LogP contribution >= 0.6 is 0 Å². The molecule has 6 heteroatoms. The molecule has 1 aliphatic carbocycles. The number of likely N-dealkylation sites (tertiary alicyclic amines) is 1. The minimum absolute atomic E-state index is 0.102.